The maximum absolute atomic E-state index is 12.0. The van der Waals surface area contributed by atoms with E-state index in [-0.39, 0.29) is 18.1 Å². The molecular formula is C14H22N6O5S. The van der Waals surface area contributed by atoms with Gasteiger partial charge in [-0.3, -0.25) is 9.69 Å². The van der Waals surface area contributed by atoms with E-state index < -0.39 is 16.1 Å². The van der Waals surface area contributed by atoms with Gasteiger partial charge in [0.05, 0.1) is 18.4 Å². The van der Waals surface area contributed by atoms with Crippen LogP contribution in [0.2, 0.25) is 0 Å². The SMILES string of the molecule is CN(C)S(=O)(=O)C[C@@H]1CN(Cc2nc3ncccn3n2)C[C@H]1O.O=CO. The Morgan fingerprint density at radius 1 is 1.38 bits per heavy atom. The van der Waals surface area contributed by atoms with Crippen LogP contribution in [0.5, 0.6) is 0 Å². The number of sulfonamides is 1. The zero-order valence-corrected chi connectivity index (χ0v) is 15.3. The zero-order valence-electron chi connectivity index (χ0n) is 14.5. The second-order valence-electron chi connectivity index (χ2n) is 6.08. The molecule has 0 aromatic carbocycles. The van der Waals surface area contributed by atoms with E-state index in [9.17, 15) is 13.5 Å². The number of carbonyl (C=O) groups is 1. The first-order chi connectivity index (χ1) is 12.3. The van der Waals surface area contributed by atoms with Crippen LogP contribution in [0.25, 0.3) is 5.78 Å². The monoisotopic (exact) mass is 386 g/mol. The molecule has 144 valence electrons. The summed E-state index contributed by atoms with van der Waals surface area (Å²) in [6.07, 6.45) is 2.75. The summed E-state index contributed by atoms with van der Waals surface area (Å²) in [6, 6.07) is 1.77. The molecule has 12 heteroatoms. The number of β-amino-alcohol motifs (C(OH)–C–C–N with tert-alkyl or cyclic N) is 1. The van der Waals surface area contributed by atoms with E-state index in [2.05, 4.69) is 15.1 Å². The van der Waals surface area contributed by atoms with E-state index in [0.717, 1.165) is 0 Å². The second kappa shape index (κ2) is 8.49. The first-order valence-corrected chi connectivity index (χ1v) is 9.42. The third kappa shape index (κ3) is 4.94. The highest BCUT2D eigenvalue weighted by atomic mass is 32.2. The third-order valence-corrected chi connectivity index (χ3v) is 5.95. The molecule has 0 amide bonds. The van der Waals surface area contributed by atoms with Crippen LogP contribution >= 0.6 is 0 Å². The summed E-state index contributed by atoms with van der Waals surface area (Å²) < 4.78 is 26.7. The van der Waals surface area contributed by atoms with Crippen LogP contribution in [0.15, 0.2) is 18.5 Å². The van der Waals surface area contributed by atoms with Gasteiger partial charge in [0.25, 0.3) is 12.2 Å². The molecule has 2 N–H and O–H groups in total. The molecule has 1 saturated heterocycles. The number of fused-ring (bicyclic) bond motifs is 1. The van der Waals surface area contributed by atoms with Gasteiger partial charge in [-0.1, -0.05) is 0 Å². The average molecular weight is 386 g/mol. The molecule has 26 heavy (non-hydrogen) atoms. The smallest absolute Gasteiger partial charge is 0.290 e. The fourth-order valence-corrected chi connectivity index (χ4v) is 3.86. The van der Waals surface area contributed by atoms with Gasteiger partial charge in [0.1, 0.15) is 0 Å². The maximum Gasteiger partial charge on any atom is 0.290 e. The van der Waals surface area contributed by atoms with Gasteiger partial charge in [-0.2, -0.15) is 4.98 Å². The van der Waals surface area contributed by atoms with Crippen molar-refractivity contribution in [2.75, 3.05) is 32.9 Å². The average Bonchev–Trinajstić information content (AvgIpc) is 3.10. The lowest BCUT2D eigenvalue weighted by Gasteiger charge is -2.17. The van der Waals surface area contributed by atoms with Crippen molar-refractivity contribution in [3.05, 3.63) is 24.3 Å². The predicted octanol–water partition coefficient (Wildman–Crippen LogP) is -1.49. The molecule has 3 rings (SSSR count). The van der Waals surface area contributed by atoms with Gasteiger partial charge >= 0.3 is 0 Å². The number of aliphatic hydroxyl groups excluding tert-OH is 1. The summed E-state index contributed by atoms with van der Waals surface area (Å²) >= 11 is 0. The number of nitrogens with zero attached hydrogens (tertiary/aromatic N) is 6. The number of rotatable bonds is 5. The maximum atomic E-state index is 12.0. The molecule has 2 aromatic heterocycles. The molecule has 2 atom stereocenters. The predicted molar refractivity (Wildman–Crippen MR) is 91.7 cm³/mol. The van der Waals surface area contributed by atoms with E-state index in [1.165, 1.54) is 18.4 Å². The topological polar surface area (TPSA) is 141 Å². The molecule has 0 radical (unpaired) electrons. The first kappa shape index (κ1) is 20.2. The first-order valence-electron chi connectivity index (χ1n) is 7.81. The third-order valence-electron chi connectivity index (χ3n) is 3.99. The Balaban J connectivity index is 0.000000758. The van der Waals surface area contributed by atoms with Gasteiger partial charge < -0.3 is 10.2 Å². The van der Waals surface area contributed by atoms with Gasteiger partial charge in [0.2, 0.25) is 10.0 Å². The fraction of sp³-hybridized carbons (Fsp3) is 0.571. The number of carboxylic acid groups (broad SMARTS) is 1. The standard InChI is InChI=1S/C13H20N6O3S.CH2O2/c1-17(2)23(21,22)9-10-6-18(7-11(10)20)8-12-15-13-14-4-3-5-19(13)16-12;2-1-3/h3-5,10-11,20H,6-9H2,1-2H3;1H,(H,2,3)/t10-,11+;/m0./s1. The van der Waals surface area contributed by atoms with E-state index >= 15 is 0 Å². The minimum absolute atomic E-state index is 0.0577. The fourth-order valence-electron chi connectivity index (χ4n) is 2.70. The molecule has 0 aliphatic carbocycles. The molecule has 1 aliphatic heterocycles. The van der Waals surface area contributed by atoms with Crippen molar-refractivity contribution in [2.45, 2.75) is 12.6 Å². The van der Waals surface area contributed by atoms with Gasteiger partial charge in [0.15, 0.2) is 5.82 Å². The molecule has 1 fully saturated rings. The Morgan fingerprint density at radius 2 is 2.08 bits per heavy atom. The molecular weight excluding hydrogens is 364 g/mol. The van der Waals surface area contributed by atoms with E-state index in [4.69, 9.17) is 9.90 Å². The Labute approximate surface area is 150 Å². The highest BCUT2D eigenvalue weighted by Gasteiger charge is 2.35. The van der Waals surface area contributed by atoms with Gasteiger partial charge in [0, 0.05) is 45.5 Å². The van der Waals surface area contributed by atoms with Crippen LogP contribution in [0.3, 0.4) is 0 Å². The number of likely N-dealkylation sites (tertiary alicyclic amines) is 1. The molecule has 1 aliphatic rings. The zero-order chi connectivity index (χ0) is 19.3. The number of hydrogen-bond acceptors (Lipinski definition) is 8. The van der Waals surface area contributed by atoms with Crippen molar-refractivity contribution in [1.29, 1.82) is 0 Å². The Kier molecular flexibility index (Phi) is 6.58. The van der Waals surface area contributed by atoms with Gasteiger partial charge in [-0.15, -0.1) is 5.10 Å². The summed E-state index contributed by atoms with van der Waals surface area (Å²) in [4.78, 5) is 18.8. The molecule has 0 bridgehead atoms. The van der Waals surface area contributed by atoms with Crippen molar-refractivity contribution >= 4 is 22.3 Å². The summed E-state index contributed by atoms with van der Waals surface area (Å²) in [7, 11) is -0.326. The van der Waals surface area contributed by atoms with E-state index in [1.807, 2.05) is 4.90 Å². The van der Waals surface area contributed by atoms with Crippen LogP contribution in [0.4, 0.5) is 0 Å². The summed E-state index contributed by atoms with van der Waals surface area (Å²) in [5.74, 6) is 0.760. The summed E-state index contributed by atoms with van der Waals surface area (Å²) in [5, 5.41) is 21.4. The lowest BCUT2D eigenvalue weighted by Crippen LogP contribution is -2.33. The molecule has 3 heterocycles. The molecule has 0 spiro atoms. The van der Waals surface area contributed by atoms with Crippen molar-refractivity contribution in [2.24, 2.45) is 5.92 Å². The van der Waals surface area contributed by atoms with Crippen molar-refractivity contribution in [1.82, 2.24) is 28.8 Å². The lowest BCUT2D eigenvalue weighted by atomic mass is 10.1. The van der Waals surface area contributed by atoms with Crippen LogP contribution in [0, 0.1) is 5.92 Å². The van der Waals surface area contributed by atoms with Gasteiger partial charge in [-0.05, 0) is 6.07 Å². The largest absolute Gasteiger partial charge is 0.483 e. The van der Waals surface area contributed by atoms with Crippen LogP contribution < -0.4 is 0 Å². The highest BCUT2D eigenvalue weighted by molar-refractivity contribution is 7.89. The minimum atomic E-state index is -3.33. The molecule has 2 aromatic rings. The normalized spacial score (nSPS) is 20.9. The minimum Gasteiger partial charge on any atom is -0.483 e. The molecule has 11 nitrogen and oxygen atoms in total. The summed E-state index contributed by atoms with van der Waals surface area (Å²) in [5.41, 5.74) is 0. The van der Waals surface area contributed by atoms with E-state index in [1.54, 1.807) is 23.0 Å². The lowest BCUT2D eigenvalue weighted by molar-refractivity contribution is -0.122. The Bertz CT molecular complexity index is 806. The van der Waals surface area contributed by atoms with Crippen molar-refractivity contribution in [3.63, 3.8) is 0 Å². The van der Waals surface area contributed by atoms with E-state index in [0.29, 0.717) is 31.2 Å². The van der Waals surface area contributed by atoms with Crippen molar-refractivity contribution < 1.29 is 23.4 Å². The number of hydrogen-bond donors (Lipinski definition) is 2. The highest BCUT2D eigenvalue weighted by Crippen LogP contribution is 2.21. The van der Waals surface area contributed by atoms with Crippen LogP contribution in [-0.2, 0) is 21.4 Å². The van der Waals surface area contributed by atoms with Crippen molar-refractivity contribution in [3.8, 4) is 0 Å². The number of aromatic nitrogens is 4. The Morgan fingerprint density at radius 3 is 2.69 bits per heavy atom. The summed E-state index contributed by atoms with van der Waals surface area (Å²) in [6.45, 7) is 1.12. The quantitative estimate of drug-likeness (QED) is 0.588. The van der Waals surface area contributed by atoms with Gasteiger partial charge in [-0.25, -0.2) is 22.2 Å². The second-order valence-corrected chi connectivity index (χ2v) is 8.31. The molecule has 0 saturated carbocycles. The Hall–Kier alpha value is -2.15. The van der Waals surface area contributed by atoms with Crippen LogP contribution in [0.1, 0.15) is 5.82 Å². The number of aliphatic hydroxyl groups is 1. The van der Waals surface area contributed by atoms with Crippen LogP contribution in [-0.4, -0.2) is 92.9 Å². The molecule has 0 unspecified atom stereocenters.